The van der Waals surface area contributed by atoms with Crippen LogP contribution in [-0.2, 0) is 24.8 Å². The molecule has 1 aromatic carbocycles. The second-order valence-corrected chi connectivity index (χ2v) is 8.32. The normalized spacial score (nSPS) is 23.3. The Morgan fingerprint density at radius 3 is 2.24 bits per heavy atom. The van der Waals surface area contributed by atoms with Crippen molar-refractivity contribution in [2.24, 2.45) is 11.1 Å². The van der Waals surface area contributed by atoms with Crippen molar-refractivity contribution < 1.29 is 21.6 Å². The van der Waals surface area contributed by atoms with Crippen LogP contribution in [0.2, 0.25) is 0 Å². The summed E-state index contributed by atoms with van der Waals surface area (Å²) in [5.41, 5.74) is 0. The SMILES string of the molecule is CC1OCCC1CNS(=O)(=O)c1ccc(S(N)(=O)=O)cc1. The van der Waals surface area contributed by atoms with Crippen molar-refractivity contribution in [1.29, 1.82) is 0 Å². The molecule has 1 aliphatic heterocycles. The highest BCUT2D eigenvalue weighted by atomic mass is 32.2. The molecule has 0 radical (unpaired) electrons. The largest absolute Gasteiger partial charge is 0.378 e. The smallest absolute Gasteiger partial charge is 0.240 e. The molecule has 9 heteroatoms. The van der Waals surface area contributed by atoms with Gasteiger partial charge in [-0.3, -0.25) is 0 Å². The fraction of sp³-hybridized carbons (Fsp3) is 0.500. The zero-order chi connectivity index (χ0) is 15.7. The summed E-state index contributed by atoms with van der Waals surface area (Å²) in [6.45, 7) is 2.84. The van der Waals surface area contributed by atoms with Crippen molar-refractivity contribution >= 4 is 20.0 Å². The molecule has 2 atom stereocenters. The van der Waals surface area contributed by atoms with Crippen LogP contribution in [0.3, 0.4) is 0 Å². The predicted molar refractivity (Wildman–Crippen MR) is 76.5 cm³/mol. The first kappa shape index (κ1) is 16.4. The molecular formula is C12H18N2O5S2. The van der Waals surface area contributed by atoms with E-state index in [0.717, 1.165) is 6.42 Å². The second kappa shape index (κ2) is 6.01. The summed E-state index contributed by atoms with van der Waals surface area (Å²) < 4.78 is 54.4. The summed E-state index contributed by atoms with van der Waals surface area (Å²) in [7, 11) is -7.50. The van der Waals surface area contributed by atoms with E-state index < -0.39 is 20.0 Å². The Morgan fingerprint density at radius 1 is 1.19 bits per heavy atom. The first-order chi connectivity index (χ1) is 9.70. The molecule has 1 heterocycles. The van der Waals surface area contributed by atoms with Gasteiger partial charge >= 0.3 is 0 Å². The number of benzene rings is 1. The van der Waals surface area contributed by atoms with E-state index >= 15 is 0 Å². The average Bonchev–Trinajstić information content (AvgIpc) is 2.81. The monoisotopic (exact) mass is 334 g/mol. The maximum Gasteiger partial charge on any atom is 0.240 e. The van der Waals surface area contributed by atoms with E-state index in [-0.39, 0.29) is 21.8 Å². The molecule has 0 bridgehead atoms. The molecule has 1 aliphatic rings. The quantitative estimate of drug-likeness (QED) is 0.788. The summed E-state index contributed by atoms with van der Waals surface area (Å²) >= 11 is 0. The molecule has 3 N–H and O–H groups in total. The number of hydrogen-bond donors (Lipinski definition) is 2. The number of primary sulfonamides is 1. The van der Waals surface area contributed by atoms with E-state index in [2.05, 4.69) is 4.72 Å². The lowest BCUT2D eigenvalue weighted by Gasteiger charge is -2.15. The minimum Gasteiger partial charge on any atom is -0.378 e. The number of hydrogen-bond acceptors (Lipinski definition) is 5. The fourth-order valence-electron chi connectivity index (χ4n) is 2.15. The first-order valence-electron chi connectivity index (χ1n) is 6.44. The van der Waals surface area contributed by atoms with Gasteiger partial charge in [0.05, 0.1) is 15.9 Å². The van der Waals surface area contributed by atoms with Crippen molar-refractivity contribution in [3.63, 3.8) is 0 Å². The minimum absolute atomic E-state index is 0.00136. The van der Waals surface area contributed by atoms with Crippen LogP contribution in [0.4, 0.5) is 0 Å². The summed E-state index contributed by atoms with van der Waals surface area (Å²) in [4.78, 5) is -0.124. The summed E-state index contributed by atoms with van der Waals surface area (Å²) in [6.07, 6.45) is 0.839. The lowest BCUT2D eigenvalue weighted by atomic mass is 10.0. The third kappa shape index (κ3) is 4.01. The highest BCUT2D eigenvalue weighted by Crippen LogP contribution is 2.20. The molecule has 118 valence electrons. The molecule has 1 saturated heterocycles. The Kier molecular flexibility index (Phi) is 4.69. The maximum absolute atomic E-state index is 12.1. The Balaban J connectivity index is 2.09. The van der Waals surface area contributed by atoms with Gasteiger partial charge in [0.25, 0.3) is 0 Å². The lowest BCUT2D eigenvalue weighted by molar-refractivity contribution is 0.107. The van der Waals surface area contributed by atoms with Gasteiger partial charge < -0.3 is 4.74 Å². The molecule has 7 nitrogen and oxygen atoms in total. The van der Waals surface area contributed by atoms with Crippen molar-refractivity contribution in [1.82, 2.24) is 4.72 Å². The predicted octanol–water partition coefficient (Wildman–Crippen LogP) is 0.0373. The van der Waals surface area contributed by atoms with Gasteiger partial charge in [0.2, 0.25) is 20.0 Å². The van der Waals surface area contributed by atoms with Gasteiger partial charge in [0.15, 0.2) is 0 Å². The number of rotatable bonds is 5. The molecule has 2 unspecified atom stereocenters. The fourth-order valence-corrected chi connectivity index (χ4v) is 3.76. The van der Waals surface area contributed by atoms with Gasteiger partial charge in [0.1, 0.15) is 0 Å². The van der Waals surface area contributed by atoms with Crippen molar-refractivity contribution in [2.45, 2.75) is 29.2 Å². The molecule has 1 fully saturated rings. The highest BCUT2D eigenvalue weighted by molar-refractivity contribution is 7.89. The van der Waals surface area contributed by atoms with Gasteiger partial charge in [-0.2, -0.15) is 0 Å². The number of nitrogens with one attached hydrogen (secondary N) is 1. The standard InChI is InChI=1S/C12H18N2O5S2/c1-9-10(6-7-19-9)8-14-21(17,18)12-4-2-11(3-5-12)20(13,15)16/h2-5,9-10,14H,6-8H2,1H3,(H2,13,15,16). The lowest BCUT2D eigenvalue weighted by Crippen LogP contribution is -2.32. The Labute approximate surface area is 124 Å². The summed E-state index contributed by atoms with van der Waals surface area (Å²) in [6, 6.07) is 4.78. The highest BCUT2D eigenvalue weighted by Gasteiger charge is 2.26. The summed E-state index contributed by atoms with van der Waals surface area (Å²) in [5, 5.41) is 4.97. The van der Waals surface area contributed by atoms with Crippen LogP contribution in [0.5, 0.6) is 0 Å². The van der Waals surface area contributed by atoms with Crippen LogP contribution in [0.25, 0.3) is 0 Å². The van der Waals surface area contributed by atoms with Crippen molar-refractivity contribution in [2.75, 3.05) is 13.2 Å². The third-order valence-electron chi connectivity index (χ3n) is 3.53. The van der Waals surface area contributed by atoms with E-state index in [1.54, 1.807) is 0 Å². The minimum atomic E-state index is -3.83. The van der Waals surface area contributed by atoms with E-state index in [4.69, 9.17) is 9.88 Å². The van der Waals surface area contributed by atoms with Crippen molar-refractivity contribution in [3.8, 4) is 0 Å². The zero-order valence-corrected chi connectivity index (χ0v) is 13.2. The first-order valence-corrected chi connectivity index (χ1v) is 9.47. The molecule has 1 aromatic rings. The molecule has 0 spiro atoms. The van der Waals surface area contributed by atoms with Crippen LogP contribution in [0, 0.1) is 5.92 Å². The average molecular weight is 334 g/mol. The second-order valence-electron chi connectivity index (χ2n) is 4.99. The van der Waals surface area contributed by atoms with E-state index in [9.17, 15) is 16.8 Å². The van der Waals surface area contributed by atoms with Gasteiger partial charge in [-0.1, -0.05) is 0 Å². The number of sulfonamides is 2. The summed E-state index contributed by atoms with van der Waals surface area (Å²) in [5.74, 6) is 0.142. The van der Waals surface area contributed by atoms with Gasteiger partial charge in [0, 0.05) is 19.1 Å². The Morgan fingerprint density at radius 2 is 1.76 bits per heavy atom. The van der Waals surface area contributed by atoms with Crippen LogP contribution in [0.1, 0.15) is 13.3 Å². The van der Waals surface area contributed by atoms with Crippen LogP contribution >= 0.6 is 0 Å². The van der Waals surface area contributed by atoms with Crippen LogP contribution < -0.4 is 9.86 Å². The van der Waals surface area contributed by atoms with Gasteiger partial charge in [-0.15, -0.1) is 0 Å². The molecule has 0 amide bonds. The number of nitrogens with two attached hydrogens (primary N) is 1. The number of ether oxygens (including phenoxy) is 1. The Hall–Kier alpha value is -1.00. The Bertz CT molecular complexity index is 698. The van der Waals surface area contributed by atoms with Gasteiger partial charge in [-0.05, 0) is 37.6 Å². The zero-order valence-electron chi connectivity index (χ0n) is 11.5. The van der Waals surface area contributed by atoms with E-state index in [1.165, 1.54) is 24.3 Å². The topological polar surface area (TPSA) is 116 Å². The maximum atomic E-state index is 12.1. The van der Waals surface area contributed by atoms with E-state index in [1.807, 2.05) is 6.92 Å². The molecule has 21 heavy (non-hydrogen) atoms. The van der Waals surface area contributed by atoms with E-state index in [0.29, 0.717) is 13.2 Å². The van der Waals surface area contributed by atoms with Crippen LogP contribution in [-0.4, -0.2) is 36.1 Å². The van der Waals surface area contributed by atoms with Gasteiger partial charge in [-0.25, -0.2) is 26.7 Å². The van der Waals surface area contributed by atoms with Crippen LogP contribution in [0.15, 0.2) is 34.1 Å². The molecular weight excluding hydrogens is 316 g/mol. The van der Waals surface area contributed by atoms with Crippen molar-refractivity contribution in [3.05, 3.63) is 24.3 Å². The molecule has 0 aromatic heterocycles. The molecule has 0 aliphatic carbocycles. The third-order valence-corrected chi connectivity index (χ3v) is 5.90. The molecule has 2 rings (SSSR count). The molecule has 0 saturated carbocycles.